The number of nitrogens with zero attached hydrogens (tertiary/aromatic N) is 1. The third-order valence-corrected chi connectivity index (χ3v) is 0.932. The van der Waals surface area contributed by atoms with Gasteiger partial charge in [-0.05, 0) is 14.1 Å². The molecule has 0 aliphatic rings. The molecule has 1 atom stereocenters. The number of aliphatic hydroxyl groups excluding tert-OH is 1. The SMILES string of the molecule is CN(C)[C@H]([C]=O)CO. The van der Waals surface area contributed by atoms with Crippen molar-refractivity contribution in [3.8, 4) is 0 Å². The molecular formula is C5H10NO2. The Morgan fingerprint density at radius 2 is 2.25 bits per heavy atom. The van der Waals surface area contributed by atoms with E-state index in [1.54, 1.807) is 25.3 Å². The highest BCUT2D eigenvalue weighted by Gasteiger charge is 2.06. The Hall–Kier alpha value is -0.410. The molecule has 1 N–H and O–H groups in total. The Kier molecular flexibility index (Phi) is 3.39. The Balaban J connectivity index is 3.51. The number of carbonyl (C=O) groups excluding carboxylic acids is 1. The van der Waals surface area contributed by atoms with Crippen LogP contribution in [0.15, 0.2) is 0 Å². The van der Waals surface area contributed by atoms with Crippen molar-refractivity contribution < 1.29 is 9.90 Å². The minimum absolute atomic E-state index is 0.156. The van der Waals surface area contributed by atoms with Gasteiger partial charge in [-0.2, -0.15) is 0 Å². The lowest BCUT2D eigenvalue weighted by Crippen LogP contribution is -2.32. The van der Waals surface area contributed by atoms with Crippen LogP contribution in [-0.4, -0.2) is 43.0 Å². The molecule has 0 fully saturated rings. The summed E-state index contributed by atoms with van der Waals surface area (Å²) in [5.41, 5.74) is 0. The lowest BCUT2D eigenvalue weighted by atomic mass is 10.3. The van der Waals surface area contributed by atoms with Gasteiger partial charge in [0.15, 0.2) is 0 Å². The standard InChI is InChI=1S/C5H10NO2/c1-6(2)5(3-7)4-8/h5,7H,3H2,1-2H3/t5-/m0/s1. The van der Waals surface area contributed by atoms with Crippen LogP contribution in [0.5, 0.6) is 0 Å². The van der Waals surface area contributed by atoms with E-state index in [9.17, 15) is 4.79 Å². The molecule has 0 rings (SSSR count). The number of hydrogen-bond acceptors (Lipinski definition) is 3. The van der Waals surface area contributed by atoms with Gasteiger partial charge in [-0.1, -0.05) is 0 Å². The first kappa shape index (κ1) is 7.59. The highest BCUT2D eigenvalue weighted by atomic mass is 16.3. The van der Waals surface area contributed by atoms with Gasteiger partial charge in [0.2, 0.25) is 6.29 Å². The predicted molar refractivity (Wildman–Crippen MR) is 30.3 cm³/mol. The Labute approximate surface area is 48.9 Å². The summed E-state index contributed by atoms with van der Waals surface area (Å²) in [7, 11) is 3.43. The van der Waals surface area contributed by atoms with E-state index in [0.717, 1.165) is 0 Å². The molecule has 0 aliphatic heterocycles. The second kappa shape index (κ2) is 3.57. The first-order chi connectivity index (χ1) is 3.72. The van der Waals surface area contributed by atoms with Crippen LogP contribution in [0.2, 0.25) is 0 Å². The van der Waals surface area contributed by atoms with E-state index >= 15 is 0 Å². The first-order valence-corrected chi connectivity index (χ1v) is 2.37. The average molecular weight is 116 g/mol. The Morgan fingerprint density at radius 1 is 1.75 bits per heavy atom. The summed E-state index contributed by atoms with van der Waals surface area (Å²) in [5.74, 6) is 0. The molecule has 0 aromatic heterocycles. The van der Waals surface area contributed by atoms with E-state index in [2.05, 4.69) is 0 Å². The predicted octanol–water partition coefficient (Wildman–Crippen LogP) is -0.981. The largest absolute Gasteiger partial charge is 0.394 e. The lowest BCUT2D eigenvalue weighted by molar-refractivity contribution is 0.207. The fourth-order valence-corrected chi connectivity index (χ4v) is 0.306. The maximum absolute atomic E-state index is 9.85. The van der Waals surface area contributed by atoms with Crippen molar-refractivity contribution >= 4 is 6.29 Å². The quantitative estimate of drug-likeness (QED) is 0.515. The minimum Gasteiger partial charge on any atom is -0.394 e. The summed E-state index contributed by atoms with van der Waals surface area (Å²) < 4.78 is 0. The molecule has 0 aromatic rings. The molecule has 0 spiro atoms. The van der Waals surface area contributed by atoms with Crippen molar-refractivity contribution in [2.75, 3.05) is 20.7 Å². The van der Waals surface area contributed by atoms with Crippen LogP contribution in [0, 0.1) is 0 Å². The second-order valence-electron chi connectivity index (χ2n) is 1.78. The van der Waals surface area contributed by atoms with Gasteiger partial charge in [-0.3, -0.25) is 9.69 Å². The van der Waals surface area contributed by atoms with Gasteiger partial charge in [-0.15, -0.1) is 0 Å². The second-order valence-corrected chi connectivity index (χ2v) is 1.78. The summed E-state index contributed by atoms with van der Waals surface area (Å²) in [4.78, 5) is 11.5. The van der Waals surface area contributed by atoms with Gasteiger partial charge < -0.3 is 5.11 Å². The third-order valence-electron chi connectivity index (χ3n) is 0.932. The molecule has 0 saturated carbocycles. The maximum atomic E-state index is 9.85. The van der Waals surface area contributed by atoms with Crippen molar-refractivity contribution in [2.24, 2.45) is 0 Å². The molecule has 0 amide bonds. The molecule has 47 valence electrons. The van der Waals surface area contributed by atoms with Crippen molar-refractivity contribution in [1.29, 1.82) is 0 Å². The van der Waals surface area contributed by atoms with Crippen LogP contribution in [0.25, 0.3) is 0 Å². The summed E-state index contributed by atoms with van der Waals surface area (Å²) in [6, 6.07) is -0.463. The van der Waals surface area contributed by atoms with Crippen molar-refractivity contribution in [3.05, 3.63) is 0 Å². The normalized spacial score (nSPS) is 14.0. The minimum atomic E-state index is -0.463. The summed E-state index contributed by atoms with van der Waals surface area (Å²) >= 11 is 0. The Bertz CT molecular complexity index is 72.8. The number of aliphatic hydroxyl groups is 1. The van der Waals surface area contributed by atoms with Crippen LogP contribution >= 0.6 is 0 Å². The molecule has 0 aliphatic carbocycles. The number of hydrogen-bond donors (Lipinski definition) is 1. The number of rotatable bonds is 3. The van der Waals surface area contributed by atoms with Crippen molar-refractivity contribution in [3.63, 3.8) is 0 Å². The summed E-state index contributed by atoms with van der Waals surface area (Å²) in [6.07, 6.45) is 1.68. The van der Waals surface area contributed by atoms with E-state index in [-0.39, 0.29) is 6.61 Å². The molecule has 0 heterocycles. The fraction of sp³-hybridized carbons (Fsp3) is 0.800. The lowest BCUT2D eigenvalue weighted by Gasteiger charge is -2.13. The van der Waals surface area contributed by atoms with Gasteiger partial charge in [-0.25, -0.2) is 0 Å². The zero-order valence-electron chi connectivity index (χ0n) is 5.09. The molecule has 1 radical (unpaired) electrons. The van der Waals surface area contributed by atoms with E-state index in [1.807, 2.05) is 0 Å². The molecule has 3 nitrogen and oxygen atoms in total. The molecule has 0 saturated heterocycles. The zero-order valence-corrected chi connectivity index (χ0v) is 5.09. The van der Waals surface area contributed by atoms with Gasteiger partial charge >= 0.3 is 0 Å². The van der Waals surface area contributed by atoms with Crippen LogP contribution in [-0.2, 0) is 4.79 Å². The van der Waals surface area contributed by atoms with Crippen LogP contribution in [0.3, 0.4) is 0 Å². The highest BCUT2D eigenvalue weighted by molar-refractivity contribution is 5.58. The van der Waals surface area contributed by atoms with Gasteiger partial charge in [0.25, 0.3) is 0 Å². The average Bonchev–Trinajstić information content (AvgIpc) is 1.69. The van der Waals surface area contributed by atoms with Crippen LogP contribution < -0.4 is 0 Å². The zero-order chi connectivity index (χ0) is 6.57. The smallest absolute Gasteiger partial charge is 0.219 e. The highest BCUT2D eigenvalue weighted by Crippen LogP contribution is 1.83. The molecular weight excluding hydrogens is 106 g/mol. The molecule has 0 bridgehead atoms. The maximum Gasteiger partial charge on any atom is 0.219 e. The molecule has 0 unspecified atom stereocenters. The van der Waals surface area contributed by atoms with Gasteiger partial charge in [0.1, 0.15) is 0 Å². The van der Waals surface area contributed by atoms with E-state index in [0.29, 0.717) is 0 Å². The van der Waals surface area contributed by atoms with Crippen molar-refractivity contribution in [1.82, 2.24) is 4.90 Å². The monoisotopic (exact) mass is 116 g/mol. The van der Waals surface area contributed by atoms with Crippen molar-refractivity contribution in [2.45, 2.75) is 6.04 Å². The molecule has 0 aromatic carbocycles. The fourth-order valence-electron chi connectivity index (χ4n) is 0.306. The summed E-state index contributed by atoms with van der Waals surface area (Å²) in [5, 5.41) is 8.39. The van der Waals surface area contributed by atoms with E-state index < -0.39 is 6.04 Å². The topological polar surface area (TPSA) is 40.5 Å². The van der Waals surface area contributed by atoms with E-state index in [4.69, 9.17) is 5.11 Å². The van der Waals surface area contributed by atoms with Crippen LogP contribution in [0.1, 0.15) is 0 Å². The van der Waals surface area contributed by atoms with E-state index in [1.165, 1.54) is 0 Å². The first-order valence-electron chi connectivity index (χ1n) is 2.37. The number of likely N-dealkylation sites (N-methyl/N-ethyl adjacent to an activating group) is 1. The van der Waals surface area contributed by atoms with Crippen LogP contribution in [0.4, 0.5) is 0 Å². The Morgan fingerprint density at radius 3 is 2.25 bits per heavy atom. The summed E-state index contributed by atoms with van der Waals surface area (Å²) in [6.45, 7) is -0.156. The van der Waals surface area contributed by atoms with Gasteiger partial charge in [0, 0.05) is 0 Å². The molecule has 8 heavy (non-hydrogen) atoms. The third kappa shape index (κ3) is 2.04. The molecule has 3 heteroatoms. The van der Waals surface area contributed by atoms with Gasteiger partial charge in [0.05, 0.1) is 12.6 Å².